The summed E-state index contributed by atoms with van der Waals surface area (Å²) in [4.78, 5) is 2.12. The van der Waals surface area contributed by atoms with Crippen molar-refractivity contribution in [1.82, 2.24) is 10.2 Å². The summed E-state index contributed by atoms with van der Waals surface area (Å²) in [6, 6.07) is 10.4. The zero-order valence-electron chi connectivity index (χ0n) is 11.9. The molecule has 0 unspecified atom stereocenters. The van der Waals surface area contributed by atoms with Crippen molar-refractivity contribution < 1.29 is 0 Å². The fourth-order valence-electron chi connectivity index (χ4n) is 2.60. The van der Waals surface area contributed by atoms with Crippen molar-refractivity contribution >= 4 is 28.0 Å². The Kier molecular flexibility index (Phi) is 2.86. The van der Waals surface area contributed by atoms with Crippen LogP contribution in [0.2, 0.25) is 0 Å². The normalized spacial score (nSPS) is 10.9. The summed E-state index contributed by atoms with van der Waals surface area (Å²) in [5.41, 5.74) is 12.6. The summed E-state index contributed by atoms with van der Waals surface area (Å²) in [6.07, 6.45) is 1.78. The van der Waals surface area contributed by atoms with Crippen LogP contribution in [-0.2, 0) is 0 Å². The topological polar surface area (TPSA) is 57.9 Å². The van der Waals surface area contributed by atoms with Crippen molar-refractivity contribution in [3.8, 4) is 0 Å². The quantitative estimate of drug-likeness (QED) is 0.698. The first kappa shape index (κ1) is 12.5. The Hall–Kier alpha value is -2.49. The number of aryl methyl sites for hydroxylation is 2. The maximum atomic E-state index is 6.18. The molecule has 0 saturated carbocycles. The number of nitrogen functional groups attached to an aromatic ring is 1. The van der Waals surface area contributed by atoms with Crippen molar-refractivity contribution in [1.29, 1.82) is 0 Å². The summed E-state index contributed by atoms with van der Waals surface area (Å²) >= 11 is 0. The van der Waals surface area contributed by atoms with E-state index >= 15 is 0 Å². The Bertz CT molecular complexity index is 773. The highest BCUT2D eigenvalue weighted by molar-refractivity contribution is 5.90. The maximum Gasteiger partial charge on any atom is 0.0672 e. The smallest absolute Gasteiger partial charge is 0.0672 e. The molecule has 0 fully saturated rings. The van der Waals surface area contributed by atoms with Crippen molar-refractivity contribution in [2.24, 2.45) is 0 Å². The summed E-state index contributed by atoms with van der Waals surface area (Å²) in [5, 5.41) is 8.06. The molecule has 0 aliphatic carbocycles. The molecule has 0 aliphatic heterocycles. The third kappa shape index (κ3) is 1.99. The number of H-pyrrole nitrogens is 1. The molecule has 0 amide bonds. The lowest BCUT2D eigenvalue weighted by atomic mass is 10.1. The predicted molar refractivity (Wildman–Crippen MR) is 84.5 cm³/mol. The third-order valence-corrected chi connectivity index (χ3v) is 3.66. The highest BCUT2D eigenvalue weighted by Crippen LogP contribution is 2.33. The largest absolute Gasteiger partial charge is 0.397 e. The van der Waals surface area contributed by atoms with Gasteiger partial charge in [0, 0.05) is 18.1 Å². The lowest BCUT2D eigenvalue weighted by molar-refractivity contribution is 1.12. The molecule has 1 aromatic heterocycles. The van der Waals surface area contributed by atoms with Crippen molar-refractivity contribution in [3.05, 3.63) is 47.7 Å². The van der Waals surface area contributed by atoms with E-state index in [1.54, 1.807) is 6.20 Å². The molecule has 0 bridgehead atoms. The number of anilines is 3. The monoisotopic (exact) mass is 266 g/mol. The molecular formula is C16H18N4. The number of nitrogens with two attached hydrogens (primary N) is 1. The van der Waals surface area contributed by atoms with E-state index in [1.807, 2.05) is 19.2 Å². The van der Waals surface area contributed by atoms with Crippen molar-refractivity contribution in [2.75, 3.05) is 17.7 Å². The van der Waals surface area contributed by atoms with Crippen LogP contribution in [0, 0.1) is 13.8 Å². The zero-order chi connectivity index (χ0) is 14.3. The van der Waals surface area contributed by atoms with Gasteiger partial charge in [-0.1, -0.05) is 17.7 Å². The van der Waals surface area contributed by atoms with Crippen LogP contribution in [0.3, 0.4) is 0 Å². The van der Waals surface area contributed by atoms with Crippen LogP contribution in [-0.4, -0.2) is 17.2 Å². The van der Waals surface area contributed by atoms with Crippen LogP contribution in [0.25, 0.3) is 10.9 Å². The number of benzene rings is 2. The first-order valence-electron chi connectivity index (χ1n) is 6.60. The van der Waals surface area contributed by atoms with Crippen molar-refractivity contribution in [3.63, 3.8) is 0 Å². The van der Waals surface area contributed by atoms with Gasteiger partial charge in [-0.2, -0.15) is 5.10 Å². The Labute approximate surface area is 118 Å². The van der Waals surface area contributed by atoms with E-state index in [4.69, 9.17) is 5.73 Å². The maximum absolute atomic E-state index is 6.18. The van der Waals surface area contributed by atoms with Gasteiger partial charge in [0.1, 0.15) is 0 Å². The summed E-state index contributed by atoms with van der Waals surface area (Å²) in [5.74, 6) is 0. The fraction of sp³-hybridized carbons (Fsp3) is 0.188. The lowest BCUT2D eigenvalue weighted by Crippen LogP contribution is -2.13. The van der Waals surface area contributed by atoms with Crippen LogP contribution in [0.5, 0.6) is 0 Å². The van der Waals surface area contributed by atoms with Gasteiger partial charge in [-0.3, -0.25) is 5.10 Å². The molecule has 0 saturated heterocycles. The van der Waals surface area contributed by atoms with Gasteiger partial charge in [0.15, 0.2) is 0 Å². The molecule has 3 aromatic rings. The van der Waals surface area contributed by atoms with Gasteiger partial charge >= 0.3 is 0 Å². The van der Waals surface area contributed by atoms with Gasteiger partial charge in [-0.05, 0) is 37.6 Å². The van der Waals surface area contributed by atoms with E-state index in [9.17, 15) is 0 Å². The molecule has 0 aliphatic rings. The van der Waals surface area contributed by atoms with Crippen LogP contribution >= 0.6 is 0 Å². The number of hydrogen-bond acceptors (Lipinski definition) is 3. The second-order valence-corrected chi connectivity index (χ2v) is 5.22. The molecule has 102 valence electrons. The standard InChI is InChI=1S/C16H18N4/c1-10-4-5-15(11(2)6-10)20(3)16-8-14-12(7-13(16)17)9-18-19-14/h4-9H,17H2,1-3H3,(H,18,19). The number of aromatic amines is 1. The Morgan fingerprint density at radius 2 is 1.90 bits per heavy atom. The molecule has 4 heteroatoms. The minimum Gasteiger partial charge on any atom is -0.397 e. The van der Waals surface area contributed by atoms with Crippen LogP contribution < -0.4 is 10.6 Å². The van der Waals surface area contributed by atoms with Gasteiger partial charge < -0.3 is 10.6 Å². The van der Waals surface area contributed by atoms with Gasteiger partial charge in [0.25, 0.3) is 0 Å². The van der Waals surface area contributed by atoms with Gasteiger partial charge in [0.05, 0.1) is 23.1 Å². The first-order chi connectivity index (χ1) is 9.56. The SMILES string of the molecule is Cc1ccc(N(C)c2cc3[nH]ncc3cc2N)c(C)c1. The van der Waals surface area contributed by atoms with Crippen molar-refractivity contribution in [2.45, 2.75) is 13.8 Å². The average Bonchev–Trinajstić information content (AvgIpc) is 2.84. The minimum absolute atomic E-state index is 0.751. The van der Waals surface area contributed by atoms with Crippen LogP contribution in [0.4, 0.5) is 17.1 Å². The molecule has 20 heavy (non-hydrogen) atoms. The zero-order valence-corrected chi connectivity index (χ0v) is 11.9. The summed E-state index contributed by atoms with van der Waals surface area (Å²) in [7, 11) is 2.03. The Morgan fingerprint density at radius 1 is 1.10 bits per heavy atom. The molecular weight excluding hydrogens is 248 g/mol. The average molecular weight is 266 g/mol. The Balaban J connectivity index is 2.11. The second kappa shape index (κ2) is 4.56. The van der Waals surface area contributed by atoms with Crippen LogP contribution in [0.1, 0.15) is 11.1 Å². The van der Waals surface area contributed by atoms with E-state index in [0.29, 0.717) is 0 Å². The second-order valence-electron chi connectivity index (χ2n) is 5.22. The first-order valence-corrected chi connectivity index (χ1v) is 6.60. The number of nitrogens with one attached hydrogen (secondary N) is 1. The molecule has 4 nitrogen and oxygen atoms in total. The summed E-state index contributed by atoms with van der Waals surface area (Å²) in [6.45, 7) is 4.21. The fourth-order valence-corrected chi connectivity index (χ4v) is 2.60. The van der Waals surface area contributed by atoms with E-state index in [0.717, 1.165) is 28.0 Å². The molecule has 0 radical (unpaired) electrons. The minimum atomic E-state index is 0.751. The Morgan fingerprint density at radius 3 is 2.65 bits per heavy atom. The van der Waals surface area contributed by atoms with E-state index < -0.39 is 0 Å². The van der Waals surface area contributed by atoms with E-state index in [1.165, 1.54) is 11.1 Å². The van der Waals surface area contributed by atoms with E-state index in [2.05, 4.69) is 47.1 Å². The highest BCUT2D eigenvalue weighted by Gasteiger charge is 2.12. The summed E-state index contributed by atoms with van der Waals surface area (Å²) < 4.78 is 0. The van der Waals surface area contributed by atoms with E-state index in [-0.39, 0.29) is 0 Å². The molecule has 1 heterocycles. The molecule has 3 N–H and O–H groups in total. The third-order valence-electron chi connectivity index (χ3n) is 3.66. The van der Waals surface area contributed by atoms with Gasteiger partial charge in [-0.25, -0.2) is 0 Å². The highest BCUT2D eigenvalue weighted by atomic mass is 15.1. The number of rotatable bonds is 2. The molecule has 0 spiro atoms. The van der Waals surface area contributed by atoms with Gasteiger partial charge in [-0.15, -0.1) is 0 Å². The molecule has 2 aromatic carbocycles. The predicted octanol–water partition coefficient (Wildman–Crippen LogP) is 3.53. The van der Waals surface area contributed by atoms with Crippen LogP contribution in [0.15, 0.2) is 36.5 Å². The number of aromatic nitrogens is 2. The number of hydrogen-bond donors (Lipinski definition) is 2. The molecule has 3 rings (SSSR count). The number of nitrogens with zero attached hydrogens (tertiary/aromatic N) is 2. The lowest BCUT2D eigenvalue weighted by Gasteiger charge is -2.23. The van der Waals surface area contributed by atoms with Gasteiger partial charge in [0.2, 0.25) is 0 Å². The number of fused-ring (bicyclic) bond motifs is 1. The molecule has 0 atom stereocenters.